The molecule has 4 radical (unpaired) electrons. The molecule has 0 spiro atoms. The Morgan fingerprint density at radius 2 is 0.879 bits per heavy atom. The summed E-state index contributed by atoms with van der Waals surface area (Å²) in [6.45, 7) is 3.22. The number of aliphatic hydroxyl groups is 1. The molecule has 0 aliphatic heterocycles. The molecular formula is C37H32Li4N6O15S4. The molecule has 0 saturated carbocycles. The molecule has 6 N–H and O–H groups in total. The van der Waals surface area contributed by atoms with Gasteiger partial charge in [-0.05, 0) is 73.5 Å². The number of fused-ring (bicyclic) bond motifs is 2. The third-order valence-electron chi connectivity index (χ3n) is 8.95. The second-order valence-corrected chi connectivity index (χ2v) is 18.7. The largest absolute Gasteiger partial charge is 0.494 e. The Morgan fingerprint density at radius 3 is 1.27 bits per heavy atom. The molecule has 0 aliphatic rings. The Labute approximate surface area is 426 Å². The molecule has 0 heterocycles. The van der Waals surface area contributed by atoms with Gasteiger partial charge in [-0.3, -0.25) is 18.2 Å². The zero-order chi connectivity index (χ0) is 45.5. The van der Waals surface area contributed by atoms with Crippen LogP contribution in [-0.2, 0) is 40.5 Å². The van der Waals surface area contributed by atoms with Gasteiger partial charge in [0.2, 0.25) is 0 Å². The van der Waals surface area contributed by atoms with Crippen LogP contribution in [0.3, 0.4) is 0 Å². The van der Waals surface area contributed by atoms with Gasteiger partial charge in [0.1, 0.15) is 36.8 Å². The van der Waals surface area contributed by atoms with Crippen LogP contribution in [0.1, 0.15) is 11.1 Å². The maximum Gasteiger partial charge on any atom is 0.295 e. The van der Waals surface area contributed by atoms with Crippen molar-refractivity contribution >= 4 is 178 Å². The van der Waals surface area contributed by atoms with E-state index in [9.17, 15) is 57.0 Å². The SMILES string of the molecule is COc1cc(N=Nc2cc(S(=O)(=O)O)c3cccc(S(=O)(=O)O)c3c2)c(C)cc1N=C(O)Nc1cc(C)c(N=Nc2cc(S(=O)(=O)O)c3cccc(S(=O)(=O)O)c3c2)cc1OC.[Li].[Li].[Li].[Li]. The molecule has 29 heteroatoms. The standard InChI is InChI=1S/C37H32N6O15S4.4Li/c1-19-11-29(31(57-3)17-27(19)42-40-21-13-25-23(35(15-21)61(51,52)53)7-5-9-33(25)59(45,46)47)38-37(44)39-30-12-20(2)28(18-32(30)58-4)43-41-22-14-26-24(36(16-22)62(54,55)56)8-6-10-34(26)60(48,49)50;;;;/h5-18H,1-4H3,(H2,38,39,44)(H,45,46,47)(H,48,49,50)(H,51,52,53)(H,54,55,56);;;;. The number of rotatable bonds is 12. The molecule has 328 valence electrons. The summed E-state index contributed by atoms with van der Waals surface area (Å²) in [5.41, 5.74) is 1.11. The number of aryl methyl sites for hydroxylation is 2. The third kappa shape index (κ3) is 13.1. The average Bonchev–Trinajstić information content (AvgIpc) is 3.17. The number of methoxy groups -OCH3 is 2. The number of amidine groups is 1. The summed E-state index contributed by atoms with van der Waals surface area (Å²) < 4.78 is 147. The van der Waals surface area contributed by atoms with Crippen molar-refractivity contribution in [3.8, 4) is 11.5 Å². The summed E-state index contributed by atoms with van der Waals surface area (Å²) in [5.74, 6) is 0.197. The molecule has 0 aromatic heterocycles. The van der Waals surface area contributed by atoms with E-state index in [1.54, 1.807) is 13.8 Å². The minimum Gasteiger partial charge on any atom is -0.494 e. The molecule has 66 heavy (non-hydrogen) atoms. The minimum atomic E-state index is -4.90. The number of anilines is 1. The van der Waals surface area contributed by atoms with Gasteiger partial charge in [0.25, 0.3) is 46.5 Å². The molecule has 0 bridgehead atoms. The molecule has 0 unspecified atom stereocenters. The first-order valence-electron chi connectivity index (χ1n) is 17.2. The van der Waals surface area contributed by atoms with Crippen LogP contribution in [0.2, 0.25) is 0 Å². The van der Waals surface area contributed by atoms with Crippen molar-refractivity contribution < 1.29 is 66.5 Å². The van der Waals surface area contributed by atoms with E-state index in [1.165, 1.54) is 62.8 Å². The van der Waals surface area contributed by atoms with Crippen LogP contribution in [0, 0.1) is 13.8 Å². The van der Waals surface area contributed by atoms with Gasteiger partial charge in [0, 0.05) is 109 Å². The predicted octanol–water partition coefficient (Wildman–Crippen LogP) is 6.58. The van der Waals surface area contributed by atoms with Crippen LogP contribution in [0.5, 0.6) is 11.5 Å². The Hall–Kier alpha value is -4.06. The van der Waals surface area contributed by atoms with Gasteiger partial charge in [0.15, 0.2) is 0 Å². The van der Waals surface area contributed by atoms with Crippen LogP contribution >= 0.6 is 0 Å². The Bertz CT molecular complexity index is 3420. The summed E-state index contributed by atoms with van der Waals surface area (Å²) in [6, 6.07) is 16.3. The summed E-state index contributed by atoms with van der Waals surface area (Å²) >= 11 is 0. The van der Waals surface area contributed by atoms with Crippen LogP contribution in [0.4, 0.5) is 34.1 Å². The van der Waals surface area contributed by atoms with Gasteiger partial charge >= 0.3 is 0 Å². The first-order valence-corrected chi connectivity index (χ1v) is 22.9. The number of benzene rings is 6. The molecule has 6 aromatic rings. The quantitative estimate of drug-likeness (QED) is 0.0248. The van der Waals surface area contributed by atoms with Crippen molar-refractivity contribution in [2.45, 2.75) is 33.4 Å². The number of nitrogens with one attached hydrogen (secondary N) is 1. The smallest absolute Gasteiger partial charge is 0.295 e. The van der Waals surface area contributed by atoms with Crippen molar-refractivity contribution in [2.75, 3.05) is 19.5 Å². The monoisotopic (exact) mass is 956 g/mol. The topological polar surface area (TPSA) is 330 Å². The Kier molecular flexibility index (Phi) is 19.7. The van der Waals surface area contributed by atoms with Crippen molar-refractivity contribution in [3.05, 3.63) is 96.1 Å². The van der Waals surface area contributed by atoms with E-state index in [0.29, 0.717) is 11.1 Å². The molecule has 6 aromatic carbocycles. The second-order valence-electron chi connectivity index (χ2n) is 13.1. The molecule has 0 fully saturated rings. The van der Waals surface area contributed by atoms with E-state index < -0.39 is 66.1 Å². The van der Waals surface area contributed by atoms with Crippen molar-refractivity contribution in [2.24, 2.45) is 25.4 Å². The second kappa shape index (κ2) is 22.4. The van der Waals surface area contributed by atoms with Gasteiger partial charge in [0.05, 0.1) is 42.7 Å². The van der Waals surface area contributed by atoms with Crippen LogP contribution in [0.25, 0.3) is 21.5 Å². The van der Waals surface area contributed by atoms with Crippen LogP contribution in [0.15, 0.2) is 130 Å². The maximum absolute atomic E-state index is 12.2. The van der Waals surface area contributed by atoms with E-state index in [0.717, 1.165) is 36.4 Å². The molecule has 21 nitrogen and oxygen atoms in total. The van der Waals surface area contributed by atoms with Crippen LogP contribution in [-0.4, -0.2) is 153 Å². The van der Waals surface area contributed by atoms with E-state index in [-0.39, 0.29) is 143 Å². The summed E-state index contributed by atoms with van der Waals surface area (Å²) in [6.07, 6.45) is 0. The van der Waals surface area contributed by atoms with Gasteiger partial charge in [-0.25, -0.2) is 0 Å². The van der Waals surface area contributed by atoms with Gasteiger partial charge in [-0.2, -0.15) is 59.1 Å². The van der Waals surface area contributed by atoms with Gasteiger partial charge in [-0.15, -0.1) is 0 Å². The number of ether oxygens (including phenoxy) is 2. The van der Waals surface area contributed by atoms with Gasteiger partial charge in [-0.1, -0.05) is 24.3 Å². The molecule has 0 saturated heterocycles. The zero-order valence-corrected chi connectivity index (χ0v) is 39.5. The number of hydrogen-bond donors (Lipinski definition) is 6. The number of azo groups is 2. The summed E-state index contributed by atoms with van der Waals surface area (Å²) in [7, 11) is -16.8. The first kappa shape index (κ1) is 58.1. The minimum absolute atomic E-state index is 0. The van der Waals surface area contributed by atoms with Gasteiger partial charge < -0.3 is 19.9 Å². The van der Waals surface area contributed by atoms with Crippen molar-refractivity contribution in [3.63, 3.8) is 0 Å². The molecular weight excluding hydrogens is 924 g/mol. The van der Waals surface area contributed by atoms with Crippen molar-refractivity contribution in [1.29, 1.82) is 0 Å². The Balaban J connectivity index is 0.00000374. The van der Waals surface area contributed by atoms with E-state index in [1.807, 2.05) is 0 Å². The van der Waals surface area contributed by atoms with Crippen LogP contribution < -0.4 is 14.8 Å². The number of nitrogens with zero attached hydrogens (tertiary/aromatic N) is 5. The number of aliphatic imine (C=N–C) groups is 1. The average molecular weight is 957 g/mol. The van der Waals surface area contributed by atoms with E-state index in [2.05, 4.69) is 30.8 Å². The number of aliphatic hydroxyl groups excluding tert-OH is 1. The first-order chi connectivity index (χ1) is 28.9. The molecule has 6 rings (SSSR count). The summed E-state index contributed by atoms with van der Waals surface area (Å²) in [5, 5.41) is 29.1. The van der Waals surface area contributed by atoms with Crippen molar-refractivity contribution in [1.82, 2.24) is 0 Å². The fourth-order valence-corrected chi connectivity index (χ4v) is 9.01. The fraction of sp³-hybridized carbons (Fsp3) is 0.108. The summed E-state index contributed by atoms with van der Waals surface area (Å²) in [4.78, 5) is 1.58. The third-order valence-corrected chi connectivity index (χ3v) is 12.6. The maximum atomic E-state index is 12.2. The van der Waals surface area contributed by atoms with E-state index in [4.69, 9.17) is 9.47 Å². The molecule has 0 amide bonds. The molecule has 0 aliphatic carbocycles. The molecule has 0 atom stereocenters. The normalized spacial score (nSPS) is 12.3. The fourth-order valence-electron chi connectivity index (χ4n) is 6.17. The number of hydrogen-bond acceptors (Lipinski definition) is 15. The zero-order valence-electron chi connectivity index (χ0n) is 36.3. The van der Waals surface area contributed by atoms with E-state index >= 15 is 0 Å². The Morgan fingerprint density at radius 1 is 0.485 bits per heavy atom. The predicted molar refractivity (Wildman–Crippen MR) is 247 cm³/mol.